The topological polar surface area (TPSA) is 90.7 Å². The minimum Gasteiger partial charge on any atom is -0.475 e. The van der Waals surface area contributed by atoms with E-state index >= 15 is 0 Å². The van der Waals surface area contributed by atoms with Gasteiger partial charge in [0.1, 0.15) is 11.4 Å². The van der Waals surface area contributed by atoms with E-state index in [0.29, 0.717) is 0 Å². The van der Waals surface area contributed by atoms with Crippen molar-refractivity contribution in [2.24, 2.45) is 0 Å². The Morgan fingerprint density at radius 2 is 2.17 bits per heavy atom. The molecule has 2 rings (SSSR count). The van der Waals surface area contributed by atoms with Gasteiger partial charge in [-0.3, -0.25) is 10.1 Å². The molecule has 0 radical (unpaired) electrons. The largest absolute Gasteiger partial charge is 0.475 e. The van der Waals surface area contributed by atoms with Crippen LogP contribution in [0.3, 0.4) is 0 Å². The number of esters is 1. The van der Waals surface area contributed by atoms with Crippen LogP contribution in [0.5, 0.6) is 5.75 Å². The molecule has 1 aliphatic rings. The highest BCUT2D eigenvalue weighted by Crippen LogP contribution is 2.31. The zero-order valence-electron chi connectivity index (χ0n) is 13.9. The Balaban J connectivity index is 2.26. The van der Waals surface area contributed by atoms with Crippen molar-refractivity contribution >= 4 is 23.3 Å². The molecular weight excluding hydrogens is 336 g/mol. The Kier molecular flexibility index (Phi) is 5.66. The smallest absolute Gasteiger partial charge is 0.349 e. The van der Waals surface area contributed by atoms with Crippen molar-refractivity contribution in [1.29, 1.82) is 0 Å². The molecule has 0 amide bonds. The summed E-state index contributed by atoms with van der Waals surface area (Å²) in [5.74, 6) is -0.431. The number of nitrogens with one attached hydrogen (secondary N) is 1. The summed E-state index contributed by atoms with van der Waals surface area (Å²) in [6.07, 6.45) is 0.734. The second kappa shape index (κ2) is 7.36. The van der Waals surface area contributed by atoms with Crippen molar-refractivity contribution in [3.63, 3.8) is 0 Å². The van der Waals surface area contributed by atoms with Crippen molar-refractivity contribution in [3.05, 3.63) is 33.3 Å². The second-order valence-corrected chi connectivity index (χ2v) is 7.05. The van der Waals surface area contributed by atoms with Gasteiger partial charge in [-0.2, -0.15) is 0 Å². The van der Waals surface area contributed by atoms with Crippen molar-refractivity contribution in [2.45, 2.75) is 51.4 Å². The van der Waals surface area contributed by atoms with Crippen molar-refractivity contribution in [3.8, 4) is 5.75 Å². The molecule has 24 heavy (non-hydrogen) atoms. The quantitative estimate of drug-likeness (QED) is 0.495. The Hall–Kier alpha value is -1.86. The van der Waals surface area contributed by atoms with Crippen LogP contribution >= 0.6 is 11.6 Å². The highest BCUT2D eigenvalue weighted by Gasteiger charge is 2.36. The van der Waals surface area contributed by atoms with E-state index in [9.17, 15) is 14.9 Å². The first-order chi connectivity index (χ1) is 11.2. The Morgan fingerprint density at radius 3 is 2.71 bits per heavy atom. The van der Waals surface area contributed by atoms with Gasteiger partial charge in [-0.05, 0) is 46.2 Å². The van der Waals surface area contributed by atoms with Crippen LogP contribution in [0.15, 0.2) is 18.2 Å². The molecule has 1 aromatic carbocycles. The lowest BCUT2D eigenvalue weighted by Gasteiger charge is -2.28. The normalized spacial score (nSPS) is 18.9. The summed E-state index contributed by atoms with van der Waals surface area (Å²) in [6.45, 7) is 6.08. The van der Waals surface area contributed by atoms with Crippen molar-refractivity contribution < 1.29 is 19.2 Å². The highest BCUT2D eigenvalue weighted by atomic mass is 35.5. The number of halogens is 1. The summed E-state index contributed by atoms with van der Waals surface area (Å²) in [5.41, 5.74) is -0.819. The minimum atomic E-state index is -0.925. The van der Waals surface area contributed by atoms with E-state index in [2.05, 4.69) is 5.32 Å². The maximum atomic E-state index is 12.5. The molecule has 2 unspecified atom stereocenters. The third kappa shape index (κ3) is 4.82. The standard InChI is InChI=1S/C16H21ClN2O5/c1-16(2,3)24-15(20)14(12-5-4-8-18-12)23-13-9-10(19(21)22)6-7-11(13)17/h6-7,9,12,14,18H,4-5,8H2,1-3H3. The number of rotatable bonds is 5. The van der Waals surface area contributed by atoms with E-state index in [-0.39, 0.29) is 22.5 Å². The summed E-state index contributed by atoms with van der Waals surface area (Å²) in [5, 5.41) is 14.3. The number of carbonyl (C=O) groups excluding carboxylic acids is 1. The maximum Gasteiger partial charge on any atom is 0.349 e. The van der Waals surface area contributed by atoms with Gasteiger partial charge in [0.05, 0.1) is 22.1 Å². The third-order valence-corrected chi connectivity index (χ3v) is 3.79. The molecule has 8 heteroatoms. The van der Waals surface area contributed by atoms with E-state index in [1.807, 2.05) is 0 Å². The predicted octanol–water partition coefficient (Wildman–Crippen LogP) is 3.09. The van der Waals surface area contributed by atoms with Gasteiger partial charge in [-0.1, -0.05) is 11.6 Å². The fourth-order valence-electron chi connectivity index (χ4n) is 2.46. The fourth-order valence-corrected chi connectivity index (χ4v) is 2.62. The predicted molar refractivity (Wildman–Crippen MR) is 89.4 cm³/mol. The SMILES string of the molecule is CC(C)(C)OC(=O)C(Oc1cc([N+](=O)[O-])ccc1Cl)C1CCCN1. The van der Waals surface area contributed by atoms with Gasteiger partial charge in [0.25, 0.3) is 5.69 Å². The molecule has 0 bridgehead atoms. The number of non-ortho nitro benzene ring substituents is 1. The molecule has 1 N–H and O–H groups in total. The molecule has 0 aliphatic carbocycles. The maximum absolute atomic E-state index is 12.5. The molecule has 7 nitrogen and oxygen atoms in total. The van der Waals surface area contributed by atoms with Gasteiger partial charge in [0.2, 0.25) is 6.10 Å². The number of ether oxygens (including phenoxy) is 2. The van der Waals surface area contributed by atoms with Crippen LogP contribution in [0.1, 0.15) is 33.6 Å². The van der Waals surface area contributed by atoms with Crippen LogP contribution in [0, 0.1) is 10.1 Å². The van der Waals surface area contributed by atoms with E-state index in [4.69, 9.17) is 21.1 Å². The number of nitro benzene ring substituents is 1. The lowest BCUT2D eigenvalue weighted by molar-refractivity contribution is -0.385. The van der Waals surface area contributed by atoms with Gasteiger partial charge in [-0.25, -0.2) is 4.79 Å². The first kappa shape index (κ1) is 18.5. The summed E-state index contributed by atoms with van der Waals surface area (Å²) < 4.78 is 11.2. The average Bonchev–Trinajstić information content (AvgIpc) is 2.97. The number of benzene rings is 1. The first-order valence-electron chi connectivity index (χ1n) is 7.74. The van der Waals surface area contributed by atoms with Gasteiger partial charge < -0.3 is 14.8 Å². The minimum absolute atomic E-state index is 0.0930. The molecular formula is C16H21ClN2O5. The van der Waals surface area contributed by atoms with Crippen LogP contribution in [0.2, 0.25) is 5.02 Å². The van der Waals surface area contributed by atoms with Crippen molar-refractivity contribution in [1.82, 2.24) is 5.32 Å². The number of nitrogens with zero attached hydrogens (tertiary/aromatic N) is 1. The van der Waals surface area contributed by atoms with Crippen LogP contribution in [0.4, 0.5) is 5.69 Å². The highest BCUT2D eigenvalue weighted by molar-refractivity contribution is 6.32. The Morgan fingerprint density at radius 1 is 1.46 bits per heavy atom. The summed E-state index contributed by atoms with van der Waals surface area (Å²) >= 11 is 6.07. The van der Waals surface area contributed by atoms with Gasteiger partial charge in [0.15, 0.2) is 0 Å². The van der Waals surface area contributed by atoms with Gasteiger partial charge in [0, 0.05) is 6.07 Å². The first-order valence-corrected chi connectivity index (χ1v) is 8.12. The van der Waals surface area contributed by atoms with Gasteiger partial charge >= 0.3 is 5.97 Å². The van der Waals surface area contributed by atoms with Crippen molar-refractivity contribution in [2.75, 3.05) is 6.54 Å². The summed E-state index contributed by atoms with van der Waals surface area (Å²) in [6, 6.07) is 3.65. The molecule has 1 fully saturated rings. The summed E-state index contributed by atoms with van der Waals surface area (Å²) in [7, 11) is 0. The molecule has 0 spiro atoms. The van der Waals surface area contributed by atoms with E-state index in [1.165, 1.54) is 18.2 Å². The zero-order chi connectivity index (χ0) is 17.9. The third-order valence-electron chi connectivity index (χ3n) is 3.48. The van der Waals surface area contributed by atoms with Crippen LogP contribution in [-0.4, -0.2) is 35.2 Å². The molecule has 2 atom stereocenters. The van der Waals surface area contributed by atoms with Crippen LogP contribution in [-0.2, 0) is 9.53 Å². The number of carbonyl (C=O) groups is 1. The van der Waals surface area contributed by atoms with E-state index < -0.39 is 22.6 Å². The number of hydrogen-bond donors (Lipinski definition) is 1. The molecule has 132 valence electrons. The lowest BCUT2D eigenvalue weighted by atomic mass is 10.1. The number of nitro groups is 1. The molecule has 0 saturated carbocycles. The summed E-state index contributed by atoms with van der Waals surface area (Å²) in [4.78, 5) is 22.9. The number of hydrogen-bond acceptors (Lipinski definition) is 6. The molecule has 1 aliphatic heterocycles. The second-order valence-electron chi connectivity index (χ2n) is 6.65. The molecule has 1 aromatic rings. The fraction of sp³-hybridized carbons (Fsp3) is 0.562. The van der Waals surface area contributed by atoms with Crippen LogP contribution in [0.25, 0.3) is 0 Å². The Bertz CT molecular complexity index is 623. The van der Waals surface area contributed by atoms with E-state index in [0.717, 1.165) is 19.4 Å². The zero-order valence-corrected chi connectivity index (χ0v) is 14.6. The monoisotopic (exact) mass is 356 g/mol. The molecule has 0 aromatic heterocycles. The lowest BCUT2D eigenvalue weighted by Crippen LogP contribution is -2.47. The van der Waals surface area contributed by atoms with Gasteiger partial charge in [-0.15, -0.1) is 0 Å². The molecule has 1 saturated heterocycles. The Labute approximate surface area is 145 Å². The van der Waals surface area contributed by atoms with E-state index in [1.54, 1.807) is 20.8 Å². The van der Waals surface area contributed by atoms with Crippen LogP contribution < -0.4 is 10.1 Å². The molecule has 1 heterocycles. The average molecular weight is 357 g/mol.